The number of carboxylic acid groups (broad SMARTS) is 1. The average molecular weight is 301 g/mol. The maximum absolute atomic E-state index is 13.1. The molecule has 0 unspecified atom stereocenters. The Kier molecular flexibility index (Phi) is 7.43. The number of hydrogen-bond donors (Lipinski definition) is 1. The predicted octanol–water partition coefficient (Wildman–Crippen LogP) is 2.29. The number of unbranched alkanes of at least 4 members (excludes halogenated alkanes) is 5. The molecular weight excluding hydrogens is 280 g/mol. The van der Waals surface area contributed by atoms with Crippen LogP contribution in [0.15, 0.2) is 0 Å². The fourth-order valence-corrected chi connectivity index (χ4v) is 2.78. The number of carbonyl (C=O) groups is 1. The number of sulfonamides is 1. The van der Waals surface area contributed by atoms with E-state index in [0.717, 1.165) is 25.7 Å². The Hall–Kier alpha value is -0.760. The minimum atomic E-state index is -4.40. The molecule has 0 saturated carbocycles. The molecule has 0 aromatic heterocycles. The third-order valence-electron chi connectivity index (χ3n) is 2.83. The van der Waals surface area contributed by atoms with Gasteiger partial charge >= 0.3 is 12.0 Å². The molecule has 0 aliphatic heterocycles. The van der Waals surface area contributed by atoms with Crippen LogP contribution in [0.3, 0.4) is 0 Å². The second-order valence-electron chi connectivity index (χ2n) is 4.40. The van der Waals surface area contributed by atoms with Crippen molar-refractivity contribution in [2.75, 3.05) is 12.8 Å². The summed E-state index contributed by atoms with van der Waals surface area (Å²) in [6.07, 6.45) is 4.84. The number of likely N-dealkylation sites (N-methyl/N-ethyl adjacent to an activating group) is 1. The molecule has 0 fully saturated rings. The highest BCUT2D eigenvalue weighted by molar-refractivity contribution is 7.89. The Balaban J connectivity index is 4.29. The Labute approximate surface area is 112 Å². The van der Waals surface area contributed by atoms with E-state index in [1.807, 2.05) is 6.92 Å². The Bertz CT molecular complexity index is 384. The van der Waals surface area contributed by atoms with Crippen molar-refractivity contribution < 1.29 is 27.1 Å². The third-order valence-corrected chi connectivity index (χ3v) is 4.69. The fourth-order valence-electron chi connectivity index (χ4n) is 1.51. The van der Waals surface area contributed by atoms with Crippen LogP contribution in [0.25, 0.3) is 0 Å². The number of carboxylic acids is 1. The highest BCUT2D eigenvalue weighted by Gasteiger charge is 2.49. The van der Waals surface area contributed by atoms with Crippen LogP contribution in [0.2, 0.25) is 0 Å². The van der Waals surface area contributed by atoms with Crippen LogP contribution in [-0.4, -0.2) is 42.6 Å². The van der Waals surface area contributed by atoms with Gasteiger partial charge in [0.25, 0.3) is 0 Å². The van der Waals surface area contributed by atoms with Crippen LogP contribution in [0.5, 0.6) is 0 Å². The fraction of sp³-hybridized carbons (Fsp3) is 0.909. The van der Waals surface area contributed by atoms with Crippen molar-refractivity contribution >= 4 is 16.0 Å². The SMILES string of the molecule is CCCCCCCCS(=O)(=O)N(C)C(F)(F)C(=O)O. The first-order valence-corrected chi connectivity index (χ1v) is 7.85. The van der Waals surface area contributed by atoms with Crippen molar-refractivity contribution in [3.05, 3.63) is 0 Å². The van der Waals surface area contributed by atoms with Crippen LogP contribution in [0.1, 0.15) is 45.4 Å². The maximum atomic E-state index is 13.1. The number of aliphatic carboxylic acids is 1. The minimum absolute atomic E-state index is 0.256. The van der Waals surface area contributed by atoms with E-state index in [1.54, 1.807) is 0 Å². The summed E-state index contributed by atoms with van der Waals surface area (Å²) in [6.45, 7) is 2.05. The van der Waals surface area contributed by atoms with Gasteiger partial charge in [0, 0.05) is 7.05 Å². The molecule has 0 rings (SSSR count). The molecule has 0 aliphatic rings. The lowest BCUT2D eigenvalue weighted by atomic mass is 10.1. The van der Waals surface area contributed by atoms with Crippen molar-refractivity contribution in [3.63, 3.8) is 0 Å². The van der Waals surface area contributed by atoms with Gasteiger partial charge in [-0.05, 0) is 6.42 Å². The van der Waals surface area contributed by atoms with Gasteiger partial charge in [0.1, 0.15) is 0 Å². The quantitative estimate of drug-likeness (QED) is 0.496. The summed E-state index contributed by atoms with van der Waals surface area (Å²) < 4.78 is 48.9. The largest absolute Gasteiger partial charge is 0.476 e. The predicted molar refractivity (Wildman–Crippen MR) is 67.5 cm³/mol. The highest BCUT2D eigenvalue weighted by Crippen LogP contribution is 2.22. The molecule has 0 aliphatic carbocycles. The van der Waals surface area contributed by atoms with E-state index in [4.69, 9.17) is 5.11 Å². The molecule has 0 spiro atoms. The second-order valence-corrected chi connectivity index (χ2v) is 6.52. The van der Waals surface area contributed by atoms with E-state index in [1.165, 1.54) is 0 Å². The van der Waals surface area contributed by atoms with E-state index in [-0.39, 0.29) is 10.7 Å². The summed E-state index contributed by atoms with van der Waals surface area (Å²) in [4.78, 5) is 10.3. The third kappa shape index (κ3) is 5.82. The van der Waals surface area contributed by atoms with E-state index < -0.39 is 27.8 Å². The second kappa shape index (κ2) is 7.74. The Morgan fingerprint density at radius 2 is 1.63 bits per heavy atom. The molecule has 0 heterocycles. The molecule has 0 aromatic rings. The lowest BCUT2D eigenvalue weighted by molar-refractivity contribution is -0.181. The van der Waals surface area contributed by atoms with Gasteiger partial charge in [0.05, 0.1) is 5.75 Å². The summed E-state index contributed by atoms with van der Waals surface area (Å²) in [5.74, 6) is -2.93. The zero-order valence-electron chi connectivity index (χ0n) is 11.2. The average Bonchev–Trinajstić information content (AvgIpc) is 2.32. The molecule has 0 bridgehead atoms. The lowest BCUT2D eigenvalue weighted by Crippen LogP contribution is -2.49. The molecule has 19 heavy (non-hydrogen) atoms. The normalized spacial score (nSPS) is 12.9. The van der Waals surface area contributed by atoms with Crippen LogP contribution in [0.4, 0.5) is 8.78 Å². The zero-order chi connectivity index (χ0) is 15.1. The van der Waals surface area contributed by atoms with Crippen molar-refractivity contribution in [1.82, 2.24) is 4.31 Å². The number of nitrogens with zero attached hydrogens (tertiary/aromatic N) is 1. The first-order valence-electron chi connectivity index (χ1n) is 6.24. The summed E-state index contributed by atoms with van der Waals surface area (Å²) in [6, 6.07) is -4.40. The summed E-state index contributed by atoms with van der Waals surface area (Å²) in [5, 5.41) is 8.29. The van der Waals surface area contributed by atoms with Crippen molar-refractivity contribution in [2.45, 2.75) is 51.5 Å². The monoisotopic (exact) mass is 301 g/mol. The van der Waals surface area contributed by atoms with Gasteiger partial charge in [0.2, 0.25) is 10.0 Å². The lowest BCUT2D eigenvalue weighted by Gasteiger charge is -2.23. The molecule has 0 atom stereocenters. The Morgan fingerprint density at radius 1 is 1.16 bits per heavy atom. The van der Waals surface area contributed by atoms with Crippen molar-refractivity contribution in [2.24, 2.45) is 0 Å². The van der Waals surface area contributed by atoms with Gasteiger partial charge in [-0.25, -0.2) is 13.2 Å². The standard InChI is InChI=1S/C11H21F2NO4S/c1-3-4-5-6-7-8-9-19(17,18)14(2)11(12,13)10(15)16/h3-9H2,1-2H3,(H,15,16). The van der Waals surface area contributed by atoms with Gasteiger partial charge in [0.15, 0.2) is 0 Å². The van der Waals surface area contributed by atoms with Gasteiger partial charge in [-0.1, -0.05) is 39.0 Å². The molecule has 0 saturated heterocycles. The number of hydrogen-bond acceptors (Lipinski definition) is 3. The molecule has 8 heteroatoms. The van der Waals surface area contributed by atoms with E-state index in [0.29, 0.717) is 13.5 Å². The van der Waals surface area contributed by atoms with Crippen LogP contribution in [-0.2, 0) is 14.8 Å². The summed E-state index contributed by atoms with van der Waals surface area (Å²) >= 11 is 0. The molecule has 0 radical (unpaired) electrons. The summed E-state index contributed by atoms with van der Waals surface area (Å²) in [5.41, 5.74) is 0. The molecule has 1 N–H and O–H groups in total. The first-order chi connectivity index (χ1) is 8.66. The smallest absolute Gasteiger partial charge is 0.413 e. The molecule has 0 aromatic carbocycles. The van der Waals surface area contributed by atoms with Crippen molar-refractivity contribution in [1.29, 1.82) is 0 Å². The first kappa shape index (κ1) is 18.2. The van der Waals surface area contributed by atoms with Gasteiger partial charge in [-0.3, -0.25) is 0 Å². The Morgan fingerprint density at radius 3 is 2.11 bits per heavy atom. The van der Waals surface area contributed by atoms with E-state index in [9.17, 15) is 22.0 Å². The number of alkyl halides is 2. The molecular formula is C11H21F2NO4S. The van der Waals surface area contributed by atoms with Crippen LogP contribution in [0, 0.1) is 0 Å². The van der Waals surface area contributed by atoms with Gasteiger partial charge in [-0.15, -0.1) is 4.31 Å². The highest BCUT2D eigenvalue weighted by atomic mass is 32.2. The van der Waals surface area contributed by atoms with Crippen LogP contribution < -0.4 is 0 Å². The maximum Gasteiger partial charge on any atom is 0.413 e. The molecule has 0 amide bonds. The minimum Gasteiger partial charge on any atom is -0.476 e. The van der Waals surface area contributed by atoms with Gasteiger partial charge < -0.3 is 5.11 Å². The zero-order valence-corrected chi connectivity index (χ0v) is 12.0. The van der Waals surface area contributed by atoms with E-state index in [2.05, 4.69) is 0 Å². The number of rotatable bonds is 10. The topological polar surface area (TPSA) is 74.7 Å². The molecule has 114 valence electrons. The summed E-state index contributed by atoms with van der Waals surface area (Å²) in [7, 11) is -3.67. The molecule has 5 nitrogen and oxygen atoms in total. The van der Waals surface area contributed by atoms with Crippen LogP contribution >= 0.6 is 0 Å². The van der Waals surface area contributed by atoms with Crippen molar-refractivity contribution in [3.8, 4) is 0 Å². The van der Waals surface area contributed by atoms with Gasteiger partial charge in [-0.2, -0.15) is 8.78 Å². The number of halogens is 2. The van der Waals surface area contributed by atoms with E-state index >= 15 is 0 Å².